The largest absolute Gasteiger partial charge is 0.493 e. The number of Topliss-reactive ketones (excluding diaryl/α,β-unsaturated/α-hetero) is 1. The van der Waals surface area contributed by atoms with E-state index in [1.54, 1.807) is 24.3 Å². The third-order valence-electron chi connectivity index (χ3n) is 1.84. The number of ether oxygens (including phenoxy) is 1. The van der Waals surface area contributed by atoms with Crippen molar-refractivity contribution in [1.82, 2.24) is 0 Å². The Bertz CT molecular complexity index is 374. The zero-order chi connectivity index (χ0) is 11.3. The summed E-state index contributed by atoms with van der Waals surface area (Å²) >= 11 is 0. The van der Waals surface area contributed by atoms with Gasteiger partial charge in [-0.3, -0.25) is 9.59 Å². The van der Waals surface area contributed by atoms with Gasteiger partial charge in [-0.1, -0.05) is 6.07 Å². The Labute approximate surface area is 88.0 Å². The molecule has 1 aromatic carbocycles. The highest BCUT2D eigenvalue weighted by Gasteiger charge is 2.02. The minimum atomic E-state index is -0.494. The number of nitrogens with two attached hydrogens (primary N) is 1. The van der Waals surface area contributed by atoms with Crippen LogP contribution in [0.4, 0.5) is 0 Å². The Morgan fingerprint density at radius 2 is 2.13 bits per heavy atom. The average Bonchev–Trinajstić information content (AvgIpc) is 2.17. The first-order chi connectivity index (χ1) is 7.09. The summed E-state index contributed by atoms with van der Waals surface area (Å²) in [7, 11) is 0. The fourth-order valence-corrected chi connectivity index (χ4v) is 1.05. The molecular formula is C11H13NO3. The highest BCUT2D eigenvalue weighted by Crippen LogP contribution is 2.12. The summed E-state index contributed by atoms with van der Waals surface area (Å²) in [5, 5.41) is 0. The number of carbonyl (C=O) groups excluding carboxylic acids is 2. The standard InChI is InChI=1S/C11H13NO3/c1-8(13)5-6-15-10-4-2-3-9(7-10)11(12)14/h2-4,7H,5-6H2,1H3,(H2,12,14). The van der Waals surface area contributed by atoms with Gasteiger partial charge in [-0.25, -0.2) is 0 Å². The molecule has 80 valence electrons. The van der Waals surface area contributed by atoms with Crippen LogP contribution >= 0.6 is 0 Å². The van der Waals surface area contributed by atoms with E-state index in [1.807, 2.05) is 0 Å². The minimum absolute atomic E-state index is 0.0704. The number of primary amides is 1. The molecule has 2 N–H and O–H groups in total. The van der Waals surface area contributed by atoms with Gasteiger partial charge in [0.1, 0.15) is 11.5 Å². The topological polar surface area (TPSA) is 69.4 Å². The van der Waals surface area contributed by atoms with Gasteiger partial charge in [-0.15, -0.1) is 0 Å². The molecule has 0 atom stereocenters. The molecule has 15 heavy (non-hydrogen) atoms. The van der Waals surface area contributed by atoms with Gasteiger partial charge in [0, 0.05) is 12.0 Å². The number of carbonyl (C=O) groups is 2. The predicted octanol–water partition coefficient (Wildman–Crippen LogP) is 1.14. The lowest BCUT2D eigenvalue weighted by Gasteiger charge is -2.05. The van der Waals surface area contributed by atoms with Crippen molar-refractivity contribution < 1.29 is 14.3 Å². The first-order valence-corrected chi connectivity index (χ1v) is 4.61. The molecule has 0 saturated carbocycles. The van der Waals surface area contributed by atoms with Crippen LogP contribution in [0.5, 0.6) is 5.75 Å². The van der Waals surface area contributed by atoms with Crippen molar-refractivity contribution >= 4 is 11.7 Å². The lowest BCUT2D eigenvalue weighted by Crippen LogP contribution is -2.11. The summed E-state index contributed by atoms with van der Waals surface area (Å²) in [5.74, 6) is 0.126. The maximum Gasteiger partial charge on any atom is 0.248 e. The number of hydrogen-bond donors (Lipinski definition) is 1. The molecule has 1 amide bonds. The Morgan fingerprint density at radius 1 is 1.40 bits per heavy atom. The smallest absolute Gasteiger partial charge is 0.248 e. The van der Waals surface area contributed by atoms with Gasteiger partial charge in [0.15, 0.2) is 0 Å². The van der Waals surface area contributed by atoms with Crippen molar-refractivity contribution in [3.63, 3.8) is 0 Å². The molecule has 0 spiro atoms. The van der Waals surface area contributed by atoms with Crippen molar-refractivity contribution in [2.75, 3.05) is 6.61 Å². The van der Waals surface area contributed by atoms with Crippen LogP contribution in [0.2, 0.25) is 0 Å². The summed E-state index contributed by atoms with van der Waals surface area (Å²) in [5.41, 5.74) is 5.51. The summed E-state index contributed by atoms with van der Waals surface area (Å²) in [6.45, 7) is 1.82. The van der Waals surface area contributed by atoms with Gasteiger partial charge < -0.3 is 10.5 Å². The normalized spacial score (nSPS) is 9.67. The van der Waals surface area contributed by atoms with Crippen molar-refractivity contribution in [1.29, 1.82) is 0 Å². The highest BCUT2D eigenvalue weighted by atomic mass is 16.5. The molecule has 0 aromatic heterocycles. The second-order valence-electron chi connectivity index (χ2n) is 3.19. The number of hydrogen-bond acceptors (Lipinski definition) is 3. The van der Waals surface area contributed by atoms with E-state index in [9.17, 15) is 9.59 Å². The molecule has 4 heteroatoms. The van der Waals surface area contributed by atoms with Gasteiger partial charge in [-0.05, 0) is 25.1 Å². The Kier molecular flexibility index (Phi) is 3.85. The average molecular weight is 207 g/mol. The molecule has 0 saturated heterocycles. The van der Waals surface area contributed by atoms with E-state index >= 15 is 0 Å². The molecule has 4 nitrogen and oxygen atoms in total. The van der Waals surface area contributed by atoms with E-state index in [0.29, 0.717) is 24.3 Å². The second kappa shape index (κ2) is 5.14. The van der Waals surface area contributed by atoms with E-state index in [0.717, 1.165) is 0 Å². The molecule has 1 rings (SSSR count). The van der Waals surface area contributed by atoms with Gasteiger partial charge in [0.05, 0.1) is 6.61 Å². The van der Waals surface area contributed by atoms with Crippen LogP contribution in [-0.4, -0.2) is 18.3 Å². The van der Waals surface area contributed by atoms with Gasteiger partial charge in [0.25, 0.3) is 0 Å². The molecule has 0 bridgehead atoms. The van der Waals surface area contributed by atoms with Crippen LogP contribution in [0.1, 0.15) is 23.7 Å². The number of amides is 1. The van der Waals surface area contributed by atoms with Gasteiger partial charge >= 0.3 is 0 Å². The van der Waals surface area contributed by atoms with Crippen LogP contribution in [0.3, 0.4) is 0 Å². The zero-order valence-corrected chi connectivity index (χ0v) is 8.53. The second-order valence-corrected chi connectivity index (χ2v) is 3.19. The summed E-state index contributed by atoms with van der Waals surface area (Å²) in [6.07, 6.45) is 0.362. The highest BCUT2D eigenvalue weighted by molar-refractivity contribution is 5.93. The molecule has 0 aliphatic rings. The molecule has 0 unspecified atom stereocenters. The van der Waals surface area contributed by atoms with Crippen LogP contribution in [0.15, 0.2) is 24.3 Å². The first kappa shape index (κ1) is 11.2. The van der Waals surface area contributed by atoms with Crippen molar-refractivity contribution in [3.05, 3.63) is 29.8 Å². The Hall–Kier alpha value is -1.84. The van der Waals surface area contributed by atoms with Crippen molar-refractivity contribution in [2.24, 2.45) is 5.73 Å². The first-order valence-electron chi connectivity index (χ1n) is 4.61. The van der Waals surface area contributed by atoms with E-state index in [1.165, 1.54) is 6.92 Å². The predicted molar refractivity (Wildman–Crippen MR) is 55.8 cm³/mol. The third kappa shape index (κ3) is 3.81. The lowest BCUT2D eigenvalue weighted by atomic mass is 10.2. The zero-order valence-electron chi connectivity index (χ0n) is 8.53. The summed E-state index contributed by atoms with van der Waals surface area (Å²) in [4.78, 5) is 21.5. The van der Waals surface area contributed by atoms with Crippen molar-refractivity contribution in [3.8, 4) is 5.75 Å². The maximum absolute atomic E-state index is 10.8. The lowest BCUT2D eigenvalue weighted by molar-refractivity contribution is -0.117. The Balaban J connectivity index is 2.58. The van der Waals surface area contributed by atoms with Crippen LogP contribution in [0.25, 0.3) is 0 Å². The number of rotatable bonds is 5. The summed E-state index contributed by atoms with van der Waals surface area (Å²) in [6, 6.07) is 6.57. The van der Waals surface area contributed by atoms with E-state index in [4.69, 9.17) is 10.5 Å². The van der Waals surface area contributed by atoms with Crippen molar-refractivity contribution in [2.45, 2.75) is 13.3 Å². The molecule has 1 aromatic rings. The van der Waals surface area contributed by atoms with E-state index < -0.39 is 5.91 Å². The molecule has 0 heterocycles. The molecule has 0 fully saturated rings. The Morgan fingerprint density at radius 3 is 2.73 bits per heavy atom. The van der Waals surface area contributed by atoms with Crippen LogP contribution < -0.4 is 10.5 Å². The van der Waals surface area contributed by atoms with E-state index in [-0.39, 0.29) is 5.78 Å². The van der Waals surface area contributed by atoms with Gasteiger partial charge in [-0.2, -0.15) is 0 Å². The quantitative estimate of drug-likeness (QED) is 0.787. The molecular weight excluding hydrogens is 194 g/mol. The SMILES string of the molecule is CC(=O)CCOc1cccc(C(N)=O)c1. The van der Waals surface area contributed by atoms with Gasteiger partial charge in [0.2, 0.25) is 5.91 Å². The molecule has 0 radical (unpaired) electrons. The number of benzene rings is 1. The maximum atomic E-state index is 10.8. The molecule has 0 aliphatic carbocycles. The van der Waals surface area contributed by atoms with Crippen LogP contribution in [0, 0.1) is 0 Å². The summed E-state index contributed by atoms with van der Waals surface area (Å²) < 4.78 is 5.28. The fraction of sp³-hybridized carbons (Fsp3) is 0.273. The number of ketones is 1. The monoisotopic (exact) mass is 207 g/mol. The van der Waals surface area contributed by atoms with Crippen LogP contribution in [-0.2, 0) is 4.79 Å². The fourth-order valence-electron chi connectivity index (χ4n) is 1.05. The minimum Gasteiger partial charge on any atom is -0.493 e. The van der Waals surface area contributed by atoms with E-state index in [2.05, 4.69) is 0 Å². The molecule has 0 aliphatic heterocycles. The third-order valence-corrected chi connectivity index (χ3v) is 1.84.